The number of amides is 1. The van der Waals surface area contributed by atoms with Crippen molar-refractivity contribution in [1.29, 1.82) is 0 Å². The van der Waals surface area contributed by atoms with Crippen LogP contribution in [0.1, 0.15) is 30.0 Å². The maximum Gasteiger partial charge on any atom is 0.224 e. The van der Waals surface area contributed by atoms with Crippen molar-refractivity contribution in [2.24, 2.45) is 0 Å². The Hall–Kier alpha value is -2.20. The van der Waals surface area contributed by atoms with Crippen LogP contribution in [0, 0.1) is 6.92 Å². The van der Waals surface area contributed by atoms with E-state index in [4.69, 9.17) is 0 Å². The average molecular weight is 337 g/mol. The van der Waals surface area contributed by atoms with Gasteiger partial charge in [0.05, 0.1) is 0 Å². The standard InChI is InChI=1S/C21H27N3O/c1-17-3-5-19(6-4-17)15-18(2)23-12-9-21(25)24(14-13-23)16-20-7-10-22-11-8-20/h3-8,10-11,18H,9,12-16H2,1-2H3. The second kappa shape index (κ2) is 8.26. The summed E-state index contributed by atoms with van der Waals surface area (Å²) in [6, 6.07) is 13.2. The summed E-state index contributed by atoms with van der Waals surface area (Å²) in [7, 11) is 0. The highest BCUT2D eigenvalue weighted by atomic mass is 16.2. The highest BCUT2D eigenvalue weighted by Gasteiger charge is 2.23. The number of aromatic nitrogens is 1. The molecule has 0 spiro atoms. The predicted octanol–water partition coefficient (Wildman–Crippen LogP) is 3.06. The number of pyridine rings is 1. The molecule has 1 amide bonds. The van der Waals surface area contributed by atoms with Crippen LogP contribution < -0.4 is 0 Å². The lowest BCUT2D eigenvalue weighted by Crippen LogP contribution is -2.38. The molecule has 2 aromatic rings. The second-order valence-electron chi connectivity index (χ2n) is 7.00. The Morgan fingerprint density at radius 3 is 2.44 bits per heavy atom. The number of nitrogens with zero attached hydrogens (tertiary/aromatic N) is 3. The number of benzene rings is 1. The van der Waals surface area contributed by atoms with Gasteiger partial charge in [-0.25, -0.2) is 0 Å². The highest BCUT2D eigenvalue weighted by Crippen LogP contribution is 2.15. The summed E-state index contributed by atoms with van der Waals surface area (Å²) in [4.78, 5) is 20.9. The molecule has 2 heterocycles. The molecule has 1 fully saturated rings. The smallest absolute Gasteiger partial charge is 0.224 e. The first-order valence-electron chi connectivity index (χ1n) is 9.08. The molecular weight excluding hydrogens is 310 g/mol. The van der Waals surface area contributed by atoms with Crippen LogP contribution in [0.4, 0.5) is 0 Å². The summed E-state index contributed by atoms with van der Waals surface area (Å²) in [5, 5.41) is 0. The molecule has 3 rings (SSSR count). The lowest BCUT2D eigenvalue weighted by molar-refractivity contribution is -0.130. The summed E-state index contributed by atoms with van der Waals surface area (Å²) in [5.41, 5.74) is 3.80. The molecule has 0 aliphatic carbocycles. The van der Waals surface area contributed by atoms with E-state index in [1.165, 1.54) is 11.1 Å². The quantitative estimate of drug-likeness (QED) is 0.841. The summed E-state index contributed by atoms with van der Waals surface area (Å²) in [6.45, 7) is 7.64. The molecule has 1 aromatic carbocycles. The van der Waals surface area contributed by atoms with Crippen LogP contribution in [-0.2, 0) is 17.8 Å². The molecule has 0 bridgehead atoms. The Kier molecular flexibility index (Phi) is 5.82. The maximum atomic E-state index is 12.5. The number of hydrogen-bond acceptors (Lipinski definition) is 3. The molecule has 4 nitrogen and oxygen atoms in total. The van der Waals surface area contributed by atoms with Gasteiger partial charge in [0.15, 0.2) is 0 Å². The second-order valence-corrected chi connectivity index (χ2v) is 7.00. The van der Waals surface area contributed by atoms with E-state index in [1.807, 2.05) is 17.0 Å². The van der Waals surface area contributed by atoms with Gasteiger partial charge in [-0.3, -0.25) is 14.7 Å². The zero-order valence-corrected chi connectivity index (χ0v) is 15.2. The minimum atomic E-state index is 0.252. The monoisotopic (exact) mass is 337 g/mol. The van der Waals surface area contributed by atoms with Crippen molar-refractivity contribution in [3.05, 3.63) is 65.5 Å². The van der Waals surface area contributed by atoms with Crippen LogP contribution in [0.5, 0.6) is 0 Å². The Bertz CT molecular complexity index is 684. The van der Waals surface area contributed by atoms with E-state index in [0.29, 0.717) is 19.0 Å². The Labute approximate surface area is 150 Å². The van der Waals surface area contributed by atoms with Gasteiger partial charge >= 0.3 is 0 Å². The molecule has 0 saturated carbocycles. The fraction of sp³-hybridized carbons (Fsp3) is 0.429. The molecule has 1 aromatic heterocycles. The summed E-state index contributed by atoms with van der Waals surface area (Å²) in [5.74, 6) is 0.252. The van der Waals surface area contributed by atoms with Crippen LogP contribution in [0.25, 0.3) is 0 Å². The largest absolute Gasteiger partial charge is 0.337 e. The summed E-state index contributed by atoms with van der Waals surface area (Å²) < 4.78 is 0. The van der Waals surface area contributed by atoms with Crippen molar-refractivity contribution >= 4 is 5.91 Å². The van der Waals surface area contributed by atoms with Crippen molar-refractivity contribution < 1.29 is 4.79 Å². The van der Waals surface area contributed by atoms with Gasteiger partial charge in [0.1, 0.15) is 0 Å². The molecule has 1 aliphatic rings. The molecule has 1 unspecified atom stereocenters. The molecule has 25 heavy (non-hydrogen) atoms. The molecule has 0 N–H and O–H groups in total. The number of aryl methyl sites for hydroxylation is 1. The molecule has 1 aliphatic heterocycles. The fourth-order valence-corrected chi connectivity index (χ4v) is 3.39. The topological polar surface area (TPSA) is 36.4 Å². The van der Waals surface area contributed by atoms with E-state index < -0.39 is 0 Å². The van der Waals surface area contributed by atoms with Crippen molar-refractivity contribution in [1.82, 2.24) is 14.8 Å². The molecule has 1 saturated heterocycles. The van der Waals surface area contributed by atoms with Gasteiger partial charge < -0.3 is 4.90 Å². The fourth-order valence-electron chi connectivity index (χ4n) is 3.39. The lowest BCUT2D eigenvalue weighted by Gasteiger charge is -2.28. The van der Waals surface area contributed by atoms with Crippen molar-refractivity contribution in [2.75, 3.05) is 19.6 Å². The SMILES string of the molecule is Cc1ccc(CC(C)N2CCC(=O)N(Cc3ccncc3)CC2)cc1. The van der Waals surface area contributed by atoms with E-state index in [1.54, 1.807) is 12.4 Å². The third kappa shape index (κ3) is 4.89. The first-order chi connectivity index (χ1) is 12.1. The third-order valence-corrected chi connectivity index (χ3v) is 5.02. The van der Waals surface area contributed by atoms with Gasteiger partial charge in [0.2, 0.25) is 5.91 Å². The van der Waals surface area contributed by atoms with Crippen LogP contribution in [0.2, 0.25) is 0 Å². The first-order valence-corrected chi connectivity index (χ1v) is 9.08. The van der Waals surface area contributed by atoms with Gasteiger partial charge in [0, 0.05) is 51.0 Å². The van der Waals surface area contributed by atoms with Crippen LogP contribution in [-0.4, -0.2) is 46.4 Å². The zero-order chi connectivity index (χ0) is 17.6. The van der Waals surface area contributed by atoms with Crippen LogP contribution >= 0.6 is 0 Å². The van der Waals surface area contributed by atoms with Gasteiger partial charge in [-0.2, -0.15) is 0 Å². The molecular formula is C21H27N3O. The van der Waals surface area contributed by atoms with Gasteiger partial charge in [0.25, 0.3) is 0 Å². The van der Waals surface area contributed by atoms with E-state index in [0.717, 1.165) is 31.6 Å². The predicted molar refractivity (Wildman–Crippen MR) is 100 cm³/mol. The van der Waals surface area contributed by atoms with Crippen LogP contribution in [0.15, 0.2) is 48.8 Å². The first kappa shape index (κ1) is 17.6. The van der Waals surface area contributed by atoms with E-state index in [9.17, 15) is 4.79 Å². The normalized spacial score (nSPS) is 17.4. The van der Waals surface area contributed by atoms with E-state index in [-0.39, 0.29) is 5.91 Å². The summed E-state index contributed by atoms with van der Waals surface area (Å²) >= 11 is 0. The minimum absolute atomic E-state index is 0.252. The molecule has 1 atom stereocenters. The molecule has 4 heteroatoms. The Balaban J connectivity index is 1.58. The maximum absolute atomic E-state index is 12.5. The van der Waals surface area contributed by atoms with Crippen molar-refractivity contribution in [3.63, 3.8) is 0 Å². The number of rotatable bonds is 5. The van der Waals surface area contributed by atoms with Gasteiger partial charge in [-0.15, -0.1) is 0 Å². The lowest BCUT2D eigenvalue weighted by atomic mass is 10.0. The minimum Gasteiger partial charge on any atom is -0.337 e. The van der Waals surface area contributed by atoms with Crippen molar-refractivity contribution in [3.8, 4) is 0 Å². The number of carbonyl (C=O) groups is 1. The van der Waals surface area contributed by atoms with Gasteiger partial charge in [-0.05, 0) is 43.5 Å². The average Bonchev–Trinajstić information content (AvgIpc) is 2.80. The summed E-state index contributed by atoms with van der Waals surface area (Å²) in [6.07, 6.45) is 5.20. The number of hydrogen-bond donors (Lipinski definition) is 0. The molecule has 0 radical (unpaired) electrons. The zero-order valence-electron chi connectivity index (χ0n) is 15.2. The third-order valence-electron chi connectivity index (χ3n) is 5.02. The van der Waals surface area contributed by atoms with E-state index in [2.05, 4.69) is 48.0 Å². The molecule has 132 valence electrons. The van der Waals surface area contributed by atoms with E-state index >= 15 is 0 Å². The highest BCUT2D eigenvalue weighted by molar-refractivity contribution is 5.76. The Morgan fingerprint density at radius 2 is 1.72 bits per heavy atom. The Morgan fingerprint density at radius 1 is 1.00 bits per heavy atom. The van der Waals surface area contributed by atoms with Crippen molar-refractivity contribution in [2.45, 2.75) is 39.3 Å². The number of carbonyl (C=O) groups excluding carboxylic acids is 1. The van der Waals surface area contributed by atoms with Crippen LogP contribution in [0.3, 0.4) is 0 Å². The van der Waals surface area contributed by atoms with Gasteiger partial charge in [-0.1, -0.05) is 29.8 Å².